The molecule has 1 fully saturated rings. The van der Waals surface area contributed by atoms with E-state index in [1.165, 1.54) is 4.68 Å². The first-order chi connectivity index (χ1) is 11.9. The van der Waals surface area contributed by atoms with Gasteiger partial charge in [-0.05, 0) is 50.4 Å². The van der Waals surface area contributed by atoms with Crippen LogP contribution in [0.2, 0.25) is 10.0 Å². The first-order valence-electron chi connectivity index (χ1n) is 8.27. The molecule has 6 nitrogen and oxygen atoms in total. The van der Waals surface area contributed by atoms with E-state index in [1.54, 1.807) is 25.1 Å². The van der Waals surface area contributed by atoms with Crippen LogP contribution in [0, 0.1) is 12.3 Å². The monoisotopic (exact) mass is 417 g/mol. The van der Waals surface area contributed by atoms with Gasteiger partial charge in [0, 0.05) is 6.54 Å². The molecule has 1 aromatic heterocycles. The summed E-state index contributed by atoms with van der Waals surface area (Å²) in [5, 5.41) is 11.5. The molecule has 0 bridgehead atoms. The van der Waals surface area contributed by atoms with Gasteiger partial charge in [0.1, 0.15) is 11.5 Å². The van der Waals surface area contributed by atoms with Crippen molar-refractivity contribution < 1.29 is 4.79 Å². The zero-order valence-electron chi connectivity index (χ0n) is 14.7. The Kier molecular flexibility index (Phi) is 6.91. The molecule has 1 aromatic carbocycles. The third kappa shape index (κ3) is 4.49. The predicted molar refractivity (Wildman–Crippen MR) is 106 cm³/mol. The second-order valence-corrected chi connectivity index (χ2v) is 7.52. The van der Waals surface area contributed by atoms with E-state index >= 15 is 0 Å². The molecule has 2 heterocycles. The molecule has 0 unspecified atom stereocenters. The molecule has 0 radical (unpaired) electrons. The lowest BCUT2D eigenvalue weighted by atomic mass is 9.81. The van der Waals surface area contributed by atoms with Gasteiger partial charge in [0.15, 0.2) is 0 Å². The highest BCUT2D eigenvalue weighted by molar-refractivity contribution is 6.37. The van der Waals surface area contributed by atoms with Crippen LogP contribution in [0.1, 0.15) is 36.2 Å². The molecule has 2 N–H and O–H groups in total. The van der Waals surface area contributed by atoms with E-state index in [0.29, 0.717) is 28.1 Å². The number of rotatable bonds is 4. The Bertz CT molecular complexity index is 766. The fraction of sp³-hybridized carbons (Fsp3) is 0.471. The van der Waals surface area contributed by atoms with Crippen LogP contribution in [0.15, 0.2) is 18.2 Å². The number of carbonyl (C=O) groups excluding carboxylic acids is 1. The van der Waals surface area contributed by atoms with Crippen molar-refractivity contribution in [3.8, 4) is 5.69 Å². The van der Waals surface area contributed by atoms with Crippen molar-refractivity contribution in [3.05, 3.63) is 39.9 Å². The van der Waals surface area contributed by atoms with Crippen LogP contribution >= 0.6 is 35.6 Å². The Balaban J connectivity index is 0.00000243. The van der Waals surface area contributed by atoms with E-state index in [2.05, 4.69) is 27.6 Å². The van der Waals surface area contributed by atoms with Crippen molar-refractivity contribution in [1.82, 2.24) is 25.4 Å². The van der Waals surface area contributed by atoms with E-state index in [9.17, 15) is 4.79 Å². The molecule has 3 rings (SSSR count). The molecule has 1 saturated heterocycles. The lowest BCUT2D eigenvalue weighted by molar-refractivity contribution is 0.0912. The van der Waals surface area contributed by atoms with Gasteiger partial charge in [-0.2, -0.15) is 0 Å². The molecule has 26 heavy (non-hydrogen) atoms. The van der Waals surface area contributed by atoms with Crippen molar-refractivity contribution in [1.29, 1.82) is 0 Å². The van der Waals surface area contributed by atoms with Crippen LogP contribution in [0.5, 0.6) is 0 Å². The summed E-state index contributed by atoms with van der Waals surface area (Å²) in [5.41, 5.74) is 0.630. The minimum Gasteiger partial charge on any atom is -0.349 e. The maximum absolute atomic E-state index is 12.5. The second-order valence-electron chi connectivity index (χ2n) is 6.71. The van der Waals surface area contributed by atoms with Gasteiger partial charge in [0.2, 0.25) is 5.82 Å². The van der Waals surface area contributed by atoms with Crippen LogP contribution < -0.4 is 10.6 Å². The molecule has 0 spiro atoms. The van der Waals surface area contributed by atoms with Gasteiger partial charge in [-0.25, -0.2) is 9.67 Å². The average Bonchev–Trinajstić information content (AvgIpc) is 2.95. The van der Waals surface area contributed by atoms with Crippen molar-refractivity contribution in [2.75, 3.05) is 19.6 Å². The van der Waals surface area contributed by atoms with Gasteiger partial charge in [-0.1, -0.05) is 36.2 Å². The van der Waals surface area contributed by atoms with Gasteiger partial charge in [-0.3, -0.25) is 4.79 Å². The number of hydrogen-bond donors (Lipinski definition) is 2. The highest BCUT2D eigenvalue weighted by Crippen LogP contribution is 2.29. The topological polar surface area (TPSA) is 71.8 Å². The first kappa shape index (κ1) is 21.0. The normalized spacial score (nSPS) is 16.0. The van der Waals surface area contributed by atoms with Gasteiger partial charge in [-0.15, -0.1) is 17.5 Å². The molecule has 142 valence electrons. The Morgan fingerprint density at radius 2 is 1.92 bits per heavy atom. The number of benzene rings is 1. The fourth-order valence-corrected chi connectivity index (χ4v) is 3.53. The number of amides is 1. The molecule has 0 aliphatic carbocycles. The van der Waals surface area contributed by atoms with E-state index in [4.69, 9.17) is 23.2 Å². The molecule has 9 heteroatoms. The maximum Gasteiger partial charge on any atom is 0.291 e. The second kappa shape index (κ2) is 8.57. The largest absolute Gasteiger partial charge is 0.349 e. The Morgan fingerprint density at radius 1 is 1.31 bits per heavy atom. The summed E-state index contributed by atoms with van der Waals surface area (Å²) >= 11 is 12.5. The summed E-state index contributed by atoms with van der Waals surface area (Å²) in [5.74, 6) is 0.379. The standard InChI is InChI=1S/C17H21Cl2N5O.ClH/c1-11-22-15(16(25)21-10-17(2)6-8-20-9-7-17)23-24(11)14-12(18)4-3-5-13(14)19;/h3-5,20H,6-10H2,1-2H3,(H,21,25);1H. The summed E-state index contributed by atoms with van der Waals surface area (Å²) in [6.07, 6.45) is 2.06. The van der Waals surface area contributed by atoms with Crippen molar-refractivity contribution in [2.45, 2.75) is 26.7 Å². The number of para-hydroxylation sites is 1. The van der Waals surface area contributed by atoms with E-state index in [0.717, 1.165) is 25.9 Å². The highest BCUT2D eigenvalue weighted by atomic mass is 35.5. The molecule has 1 amide bonds. The van der Waals surface area contributed by atoms with Crippen LogP contribution in [0.25, 0.3) is 5.69 Å². The smallest absolute Gasteiger partial charge is 0.291 e. The Labute approximate surface area is 169 Å². The molecular weight excluding hydrogens is 397 g/mol. The van der Waals surface area contributed by atoms with Crippen molar-refractivity contribution in [2.24, 2.45) is 5.41 Å². The number of halogens is 3. The lowest BCUT2D eigenvalue weighted by Gasteiger charge is -2.33. The molecule has 0 atom stereocenters. The third-order valence-corrected chi connectivity index (χ3v) is 5.22. The minimum absolute atomic E-state index is 0. The third-order valence-electron chi connectivity index (χ3n) is 4.61. The number of aromatic nitrogens is 3. The van der Waals surface area contributed by atoms with Gasteiger partial charge >= 0.3 is 0 Å². The molecule has 0 saturated carbocycles. The van der Waals surface area contributed by atoms with Crippen molar-refractivity contribution in [3.63, 3.8) is 0 Å². The van der Waals surface area contributed by atoms with Gasteiger partial charge in [0.25, 0.3) is 5.91 Å². The van der Waals surface area contributed by atoms with E-state index < -0.39 is 0 Å². The first-order valence-corrected chi connectivity index (χ1v) is 9.02. The number of hydrogen-bond acceptors (Lipinski definition) is 4. The van der Waals surface area contributed by atoms with Crippen molar-refractivity contribution >= 4 is 41.5 Å². The Morgan fingerprint density at radius 3 is 2.54 bits per heavy atom. The van der Waals surface area contributed by atoms with E-state index in [1.807, 2.05) is 0 Å². The summed E-state index contributed by atoms with van der Waals surface area (Å²) in [4.78, 5) is 16.7. The Hall–Kier alpha value is -1.34. The number of nitrogens with one attached hydrogen (secondary N) is 2. The molecular formula is C17H22Cl3N5O. The zero-order chi connectivity index (χ0) is 18.0. The van der Waals surface area contributed by atoms with Gasteiger partial charge < -0.3 is 10.6 Å². The quantitative estimate of drug-likeness (QED) is 0.798. The number of carbonyl (C=O) groups is 1. The maximum atomic E-state index is 12.5. The molecule has 1 aliphatic rings. The predicted octanol–water partition coefficient (Wildman–Crippen LogP) is 3.42. The zero-order valence-corrected chi connectivity index (χ0v) is 17.0. The van der Waals surface area contributed by atoms with Crippen LogP contribution in [-0.4, -0.2) is 40.3 Å². The molecule has 1 aliphatic heterocycles. The fourth-order valence-electron chi connectivity index (χ4n) is 2.97. The highest BCUT2D eigenvalue weighted by Gasteiger charge is 2.28. The van der Waals surface area contributed by atoms with Crippen LogP contribution in [0.4, 0.5) is 0 Å². The number of aryl methyl sites for hydroxylation is 1. The minimum atomic E-state index is -0.287. The SMILES string of the molecule is Cc1nc(C(=O)NCC2(C)CCNCC2)nn1-c1c(Cl)cccc1Cl.Cl. The molecule has 2 aromatic rings. The van der Waals surface area contributed by atoms with Crippen LogP contribution in [0.3, 0.4) is 0 Å². The lowest BCUT2D eigenvalue weighted by Crippen LogP contribution is -2.43. The number of piperidine rings is 1. The summed E-state index contributed by atoms with van der Waals surface area (Å²) in [7, 11) is 0. The number of nitrogens with zero attached hydrogens (tertiary/aromatic N) is 3. The average molecular weight is 419 g/mol. The summed E-state index contributed by atoms with van der Waals surface area (Å²) in [6.45, 7) is 6.51. The van der Waals surface area contributed by atoms with Gasteiger partial charge in [0.05, 0.1) is 10.0 Å². The van der Waals surface area contributed by atoms with E-state index in [-0.39, 0.29) is 29.6 Å². The van der Waals surface area contributed by atoms with Crippen LogP contribution in [-0.2, 0) is 0 Å². The summed E-state index contributed by atoms with van der Waals surface area (Å²) < 4.78 is 1.51. The summed E-state index contributed by atoms with van der Waals surface area (Å²) in [6, 6.07) is 5.21.